The Kier molecular flexibility index (Phi) is 8.88. The second-order valence-corrected chi connectivity index (χ2v) is 7.73. The van der Waals surface area contributed by atoms with Crippen molar-refractivity contribution < 1.29 is 33.6 Å². The van der Waals surface area contributed by atoms with Gasteiger partial charge in [0.1, 0.15) is 5.41 Å². The molecule has 0 saturated carbocycles. The van der Waals surface area contributed by atoms with E-state index < -0.39 is 35.6 Å². The molecule has 3 atom stereocenters. The number of carboxylic acids is 1. The van der Waals surface area contributed by atoms with Gasteiger partial charge < -0.3 is 29.4 Å². The molecule has 3 unspecified atom stereocenters. The van der Waals surface area contributed by atoms with Gasteiger partial charge in [0.05, 0.1) is 31.9 Å². The minimum atomic E-state index is -1.43. The topological polar surface area (TPSA) is 103 Å². The summed E-state index contributed by atoms with van der Waals surface area (Å²) in [5.41, 5.74) is -0.122. The molecule has 2 N–H and O–H groups in total. The lowest BCUT2D eigenvalue weighted by atomic mass is 9.60. The molecule has 0 amide bonds. The fourth-order valence-corrected chi connectivity index (χ4v) is 4.49. The van der Waals surface area contributed by atoms with E-state index in [0.29, 0.717) is 16.3 Å². The van der Waals surface area contributed by atoms with Gasteiger partial charge in [-0.15, -0.1) is 0 Å². The number of nitrogens with one attached hydrogen (secondary N) is 1. The maximum Gasteiger partial charge on any atom is 0.336 e. The van der Waals surface area contributed by atoms with Crippen LogP contribution in [0.1, 0.15) is 31.7 Å². The number of methoxy groups -OCH3 is 3. The Bertz CT molecular complexity index is 824. The van der Waals surface area contributed by atoms with Crippen LogP contribution in [0.15, 0.2) is 35.5 Å². The number of hydrogen-bond acceptors (Lipinski definition) is 7. The van der Waals surface area contributed by atoms with Crippen molar-refractivity contribution in [2.75, 3.05) is 34.5 Å². The highest BCUT2D eigenvalue weighted by molar-refractivity contribution is 6.31. The smallest absolute Gasteiger partial charge is 0.336 e. The van der Waals surface area contributed by atoms with Crippen LogP contribution in [0.2, 0.25) is 5.02 Å². The predicted molar refractivity (Wildman–Crippen MR) is 115 cm³/mol. The zero-order chi connectivity index (χ0) is 23.2. The van der Waals surface area contributed by atoms with Gasteiger partial charge in [-0.05, 0) is 25.0 Å². The summed E-state index contributed by atoms with van der Waals surface area (Å²) in [5, 5.41) is 14.0. The molecule has 1 aliphatic rings. The van der Waals surface area contributed by atoms with Crippen LogP contribution in [0.4, 0.5) is 0 Å². The Morgan fingerprint density at radius 3 is 2.39 bits per heavy atom. The van der Waals surface area contributed by atoms with E-state index in [1.807, 2.05) is 0 Å². The third-order valence-corrected chi connectivity index (χ3v) is 6.23. The molecule has 9 heteroatoms. The molecule has 1 aromatic carbocycles. The summed E-state index contributed by atoms with van der Waals surface area (Å²) in [5.74, 6) is -2.51. The van der Waals surface area contributed by atoms with Crippen molar-refractivity contribution in [2.45, 2.75) is 38.5 Å². The van der Waals surface area contributed by atoms with Gasteiger partial charge in [-0.2, -0.15) is 0 Å². The third kappa shape index (κ3) is 4.87. The number of benzene rings is 1. The molecule has 31 heavy (non-hydrogen) atoms. The highest BCUT2D eigenvalue weighted by Crippen LogP contribution is 2.52. The fraction of sp³-hybridized carbons (Fsp3) is 0.545. The lowest BCUT2D eigenvalue weighted by Crippen LogP contribution is -2.59. The summed E-state index contributed by atoms with van der Waals surface area (Å²) in [4.78, 5) is 25.6. The van der Waals surface area contributed by atoms with E-state index in [1.54, 1.807) is 38.1 Å². The van der Waals surface area contributed by atoms with Crippen molar-refractivity contribution >= 4 is 23.5 Å². The molecule has 8 nitrogen and oxygen atoms in total. The molecule has 1 aromatic rings. The number of halogens is 1. The van der Waals surface area contributed by atoms with Gasteiger partial charge in [0.15, 0.2) is 6.29 Å². The molecule has 0 spiro atoms. The lowest BCUT2D eigenvalue weighted by molar-refractivity contribution is -0.160. The van der Waals surface area contributed by atoms with Gasteiger partial charge in [0, 0.05) is 30.9 Å². The standard InChI is InChI=1S/C22H30ClNO7/c1-6-22(21(26)27)16(11-31-12-17(28-3)29-4)24-13(2)18(20(25)30-5)19(22)14-9-7-8-10-15(14)23/h7-10,16-17,19,24H,6,11-12H2,1-5H3,(H,26,27). The summed E-state index contributed by atoms with van der Waals surface area (Å²) in [7, 11) is 4.26. The van der Waals surface area contributed by atoms with Crippen LogP contribution in [0.3, 0.4) is 0 Å². The SMILES string of the molecule is CCC1(C(=O)O)C(COCC(OC)OC)NC(C)=C(C(=O)OC)C1c1ccccc1Cl. The van der Waals surface area contributed by atoms with Crippen molar-refractivity contribution in [3.8, 4) is 0 Å². The molecule has 0 aliphatic carbocycles. The predicted octanol–water partition coefficient (Wildman–Crippen LogP) is 2.96. The van der Waals surface area contributed by atoms with Crippen LogP contribution in [0.25, 0.3) is 0 Å². The molecular weight excluding hydrogens is 426 g/mol. The normalized spacial score (nSPS) is 23.6. The maximum atomic E-state index is 12.8. The number of carboxylic acid groups (broad SMARTS) is 1. The summed E-state index contributed by atoms with van der Waals surface area (Å²) in [6.45, 7) is 3.66. The average Bonchev–Trinajstić information content (AvgIpc) is 2.76. The highest BCUT2D eigenvalue weighted by Gasteiger charge is 2.57. The lowest BCUT2D eigenvalue weighted by Gasteiger charge is -2.48. The molecular formula is C22H30ClNO7. The van der Waals surface area contributed by atoms with E-state index in [4.69, 9.17) is 30.5 Å². The van der Waals surface area contributed by atoms with Crippen LogP contribution in [0, 0.1) is 5.41 Å². The van der Waals surface area contributed by atoms with Crippen LogP contribution in [0.5, 0.6) is 0 Å². The monoisotopic (exact) mass is 455 g/mol. The largest absolute Gasteiger partial charge is 0.481 e. The summed E-state index contributed by atoms with van der Waals surface area (Å²) >= 11 is 6.49. The first-order valence-corrected chi connectivity index (χ1v) is 10.3. The molecule has 0 aromatic heterocycles. The molecule has 172 valence electrons. The number of hydrogen-bond donors (Lipinski definition) is 2. The zero-order valence-electron chi connectivity index (χ0n) is 18.4. The number of carbonyl (C=O) groups excluding carboxylic acids is 1. The van der Waals surface area contributed by atoms with Crippen molar-refractivity contribution in [1.29, 1.82) is 0 Å². The number of ether oxygens (including phenoxy) is 4. The van der Waals surface area contributed by atoms with Gasteiger partial charge in [-0.1, -0.05) is 36.7 Å². The van der Waals surface area contributed by atoms with Gasteiger partial charge in [0.25, 0.3) is 0 Å². The Labute approximate surface area is 187 Å². The van der Waals surface area contributed by atoms with E-state index in [-0.39, 0.29) is 25.2 Å². The number of carbonyl (C=O) groups is 2. The second-order valence-electron chi connectivity index (χ2n) is 7.32. The van der Waals surface area contributed by atoms with Crippen molar-refractivity contribution in [3.63, 3.8) is 0 Å². The van der Waals surface area contributed by atoms with Crippen LogP contribution < -0.4 is 5.32 Å². The second kappa shape index (κ2) is 10.9. The van der Waals surface area contributed by atoms with Crippen LogP contribution >= 0.6 is 11.6 Å². The molecule has 0 radical (unpaired) electrons. The maximum absolute atomic E-state index is 12.8. The molecule has 1 aliphatic heterocycles. The number of allylic oxidation sites excluding steroid dienone is 1. The number of rotatable bonds is 10. The first-order chi connectivity index (χ1) is 14.8. The molecule has 2 rings (SSSR count). The van der Waals surface area contributed by atoms with Crippen molar-refractivity contribution in [3.05, 3.63) is 46.1 Å². The van der Waals surface area contributed by atoms with E-state index in [1.165, 1.54) is 21.3 Å². The summed E-state index contributed by atoms with van der Waals surface area (Å²) in [6, 6.07) is 6.29. The van der Waals surface area contributed by atoms with Crippen molar-refractivity contribution in [1.82, 2.24) is 5.32 Å². The Morgan fingerprint density at radius 2 is 1.87 bits per heavy atom. The first-order valence-electron chi connectivity index (χ1n) is 9.95. The van der Waals surface area contributed by atoms with Gasteiger partial charge in [-0.25, -0.2) is 4.79 Å². The zero-order valence-corrected chi connectivity index (χ0v) is 19.2. The molecule has 0 fully saturated rings. The average molecular weight is 456 g/mol. The molecule has 0 bridgehead atoms. The quantitative estimate of drug-likeness (QED) is 0.410. The number of esters is 1. The summed E-state index contributed by atoms with van der Waals surface area (Å²) in [6.07, 6.45) is -0.364. The van der Waals surface area contributed by atoms with Gasteiger partial charge >= 0.3 is 11.9 Å². The summed E-state index contributed by atoms with van der Waals surface area (Å²) < 4.78 is 21.0. The Balaban J connectivity index is 2.62. The first kappa shape index (κ1) is 25.1. The fourth-order valence-electron chi connectivity index (χ4n) is 4.25. The number of aliphatic carboxylic acids is 1. The van der Waals surface area contributed by atoms with Gasteiger partial charge in [-0.3, -0.25) is 4.79 Å². The van der Waals surface area contributed by atoms with Crippen LogP contribution in [-0.2, 0) is 28.5 Å². The van der Waals surface area contributed by atoms with Crippen molar-refractivity contribution in [2.24, 2.45) is 5.41 Å². The molecule has 1 heterocycles. The van der Waals surface area contributed by atoms with E-state index in [9.17, 15) is 14.7 Å². The minimum absolute atomic E-state index is 0.0517. The van der Waals surface area contributed by atoms with Gasteiger partial charge in [0.2, 0.25) is 0 Å². The van der Waals surface area contributed by atoms with Crippen LogP contribution in [-0.4, -0.2) is 63.9 Å². The molecule has 0 saturated heterocycles. The highest BCUT2D eigenvalue weighted by atomic mass is 35.5. The van der Waals surface area contributed by atoms with E-state index in [2.05, 4.69) is 5.32 Å². The minimum Gasteiger partial charge on any atom is -0.481 e. The third-order valence-electron chi connectivity index (χ3n) is 5.89. The Morgan fingerprint density at radius 1 is 1.23 bits per heavy atom. The van der Waals surface area contributed by atoms with E-state index in [0.717, 1.165) is 0 Å². The van der Waals surface area contributed by atoms with E-state index >= 15 is 0 Å². The Hall–Kier alpha value is -2.13.